The second kappa shape index (κ2) is 11.1. The number of hydrogen-bond donors (Lipinski definition) is 3. The number of nitrogens with one attached hydrogen (secondary N) is 3. The van der Waals surface area contributed by atoms with E-state index in [2.05, 4.69) is 20.9 Å². The van der Waals surface area contributed by atoms with Gasteiger partial charge in [0.1, 0.15) is 0 Å². The fourth-order valence-electron chi connectivity index (χ4n) is 2.18. The topological polar surface area (TPSA) is 65.5 Å². The molecule has 1 unspecified atom stereocenters. The maximum Gasteiger partial charge on any atom is 0.239 e. The maximum absolute atomic E-state index is 11.8. The van der Waals surface area contributed by atoms with Crippen molar-refractivity contribution in [1.29, 1.82) is 0 Å². The van der Waals surface area contributed by atoms with E-state index in [-0.39, 0.29) is 47.9 Å². The van der Waals surface area contributed by atoms with Crippen LogP contribution in [-0.2, 0) is 4.79 Å². The molecule has 0 radical (unpaired) electrons. The largest absolute Gasteiger partial charge is 0.356 e. The molecule has 0 aliphatic heterocycles. The van der Waals surface area contributed by atoms with E-state index in [1.54, 1.807) is 7.05 Å². The number of benzene rings is 1. The fraction of sp³-hybridized carbons (Fsp3) is 0.529. The molecule has 0 aromatic heterocycles. The lowest BCUT2D eigenvalue weighted by Crippen LogP contribution is -2.48. The van der Waals surface area contributed by atoms with Crippen LogP contribution in [0.4, 0.5) is 0 Å². The van der Waals surface area contributed by atoms with E-state index in [1.165, 1.54) is 0 Å². The highest BCUT2D eigenvalue weighted by Crippen LogP contribution is 2.30. The van der Waals surface area contributed by atoms with E-state index in [4.69, 9.17) is 23.2 Å². The standard InChI is InChI=1S/C17H26Cl2N4O.HI/c1-11(15-12(18)7-6-8-13(15)19)9-21-16(20-5)22-10-14(24)23-17(2,3)4;/h6-8,11H,9-10H2,1-5H3,(H,23,24)(H2,20,21,22);1H. The van der Waals surface area contributed by atoms with Crippen LogP contribution < -0.4 is 16.0 Å². The fourth-order valence-corrected chi connectivity index (χ4v) is 2.95. The summed E-state index contributed by atoms with van der Waals surface area (Å²) in [5.74, 6) is 0.551. The molecular weight excluding hydrogens is 474 g/mol. The molecule has 1 atom stereocenters. The molecule has 1 aromatic carbocycles. The Morgan fingerprint density at radius 2 is 1.76 bits per heavy atom. The van der Waals surface area contributed by atoms with E-state index in [0.29, 0.717) is 22.5 Å². The predicted octanol–water partition coefficient (Wildman–Crippen LogP) is 3.79. The summed E-state index contributed by atoms with van der Waals surface area (Å²) in [6.07, 6.45) is 0. The molecule has 0 bridgehead atoms. The first-order valence-electron chi connectivity index (χ1n) is 7.83. The third-order valence-electron chi connectivity index (χ3n) is 3.22. The van der Waals surface area contributed by atoms with Crippen LogP contribution >= 0.6 is 47.2 Å². The molecule has 25 heavy (non-hydrogen) atoms. The minimum absolute atomic E-state index is 0. The Hall–Kier alpha value is -0.730. The zero-order chi connectivity index (χ0) is 18.3. The number of rotatable bonds is 5. The summed E-state index contributed by atoms with van der Waals surface area (Å²) in [6, 6.07) is 5.47. The van der Waals surface area contributed by atoms with E-state index in [1.807, 2.05) is 45.9 Å². The normalized spacial score (nSPS) is 12.8. The minimum atomic E-state index is -0.259. The molecule has 0 aliphatic carbocycles. The molecule has 1 amide bonds. The molecule has 8 heteroatoms. The molecule has 5 nitrogen and oxygen atoms in total. The van der Waals surface area contributed by atoms with Crippen LogP contribution in [0.1, 0.15) is 39.2 Å². The smallest absolute Gasteiger partial charge is 0.239 e. The van der Waals surface area contributed by atoms with Gasteiger partial charge in [-0.25, -0.2) is 0 Å². The van der Waals surface area contributed by atoms with E-state index in [0.717, 1.165) is 5.56 Å². The van der Waals surface area contributed by atoms with Gasteiger partial charge in [-0.3, -0.25) is 9.79 Å². The lowest BCUT2D eigenvalue weighted by Gasteiger charge is -2.21. The van der Waals surface area contributed by atoms with E-state index >= 15 is 0 Å². The number of carbonyl (C=O) groups is 1. The monoisotopic (exact) mass is 500 g/mol. The van der Waals surface area contributed by atoms with Crippen molar-refractivity contribution in [1.82, 2.24) is 16.0 Å². The van der Waals surface area contributed by atoms with Crippen molar-refractivity contribution in [3.05, 3.63) is 33.8 Å². The van der Waals surface area contributed by atoms with Gasteiger partial charge in [0, 0.05) is 35.1 Å². The molecule has 142 valence electrons. The average Bonchev–Trinajstić information content (AvgIpc) is 2.45. The molecule has 0 saturated carbocycles. The maximum atomic E-state index is 11.8. The summed E-state index contributed by atoms with van der Waals surface area (Å²) < 4.78 is 0. The molecule has 3 N–H and O–H groups in total. The Bertz CT molecular complexity index is 583. The van der Waals surface area contributed by atoms with Crippen molar-refractivity contribution >= 4 is 59.0 Å². The Balaban J connectivity index is 0.00000576. The number of amides is 1. The van der Waals surface area contributed by atoms with Gasteiger partial charge in [0.2, 0.25) is 5.91 Å². The van der Waals surface area contributed by atoms with Crippen LogP contribution in [0, 0.1) is 0 Å². The highest BCUT2D eigenvalue weighted by Gasteiger charge is 2.15. The highest BCUT2D eigenvalue weighted by atomic mass is 127. The zero-order valence-corrected chi connectivity index (χ0v) is 19.1. The van der Waals surface area contributed by atoms with Gasteiger partial charge in [0.25, 0.3) is 0 Å². The third-order valence-corrected chi connectivity index (χ3v) is 3.88. The van der Waals surface area contributed by atoms with Crippen LogP contribution in [0.25, 0.3) is 0 Å². The second-order valence-electron chi connectivity index (χ2n) is 6.64. The first-order chi connectivity index (χ1) is 11.1. The lowest BCUT2D eigenvalue weighted by atomic mass is 10.0. The van der Waals surface area contributed by atoms with Gasteiger partial charge in [-0.15, -0.1) is 24.0 Å². The van der Waals surface area contributed by atoms with Crippen LogP contribution in [-0.4, -0.2) is 37.5 Å². The van der Waals surface area contributed by atoms with Gasteiger partial charge < -0.3 is 16.0 Å². The summed E-state index contributed by atoms with van der Waals surface area (Å²) in [4.78, 5) is 16.0. The van der Waals surface area contributed by atoms with Gasteiger partial charge >= 0.3 is 0 Å². The van der Waals surface area contributed by atoms with Gasteiger partial charge in [-0.1, -0.05) is 36.2 Å². The summed E-state index contributed by atoms with van der Waals surface area (Å²) in [6.45, 7) is 8.58. The molecule has 1 rings (SSSR count). The molecule has 1 aromatic rings. The van der Waals surface area contributed by atoms with Crippen molar-refractivity contribution in [2.24, 2.45) is 4.99 Å². The minimum Gasteiger partial charge on any atom is -0.356 e. The predicted molar refractivity (Wildman–Crippen MR) is 118 cm³/mol. The molecule has 0 aliphatic rings. The first kappa shape index (κ1) is 24.3. The van der Waals surface area contributed by atoms with Crippen LogP contribution in [0.5, 0.6) is 0 Å². The lowest BCUT2D eigenvalue weighted by molar-refractivity contribution is -0.121. The second-order valence-corrected chi connectivity index (χ2v) is 7.46. The summed E-state index contributed by atoms with van der Waals surface area (Å²) in [5, 5.41) is 10.3. The highest BCUT2D eigenvalue weighted by molar-refractivity contribution is 14.0. The van der Waals surface area contributed by atoms with Crippen LogP contribution in [0.2, 0.25) is 10.0 Å². The van der Waals surface area contributed by atoms with Crippen LogP contribution in [0.15, 0.2) is 23.2 Å². The third kappa shape index (κ3) is 8.96. The zero-order valence-electron chi connectivity index (χ0n) is 15.2. The molecular formula is C17H27Cl2IN4O. The molecule has 0 spiro atoms. The van der Waals surface area contributed by atoms with Crippen LogP contribution in [0.3, 0.4) is 0 Å². The van der Waals surface area contributed by atoms with Crippen molar-refractivity contribution in [3.63, 3.8) is 0 Å². The van der Waals surface area contributed by atoms with Crippen molar-refractivity contribution < 1.29 is 4.79 Å². The Morgan fingerprint density at radius 3 is 2.24 bits per heavy atom. The number of hydrogen-bond acceptors (Lipinski definition) is 2. The molecule has 0 saturated heterocycles. The van der Waals surface area contributed by atoms with Gasteiger partial charge in [0.15, 0.2) is 5.96 Å². The number of nitrogens with zero attached hydrogens (tertiary/aromatic N) is 1. The summed E-state index contributed by atoms with van der Waals surface area (Å²) >= 11 is 12.5. The van der Waals surface area contributed by atoms with Gasteiger partial charge in [-0.2, -0.15) is 0 Å². The average molecular weight is 501 g/mol. The number of aliphatic imine (C=N–C) groups is 1. The van der Waals surface area contributed by atoms with Crippen molar-refractivity contribution in [2.75, 3.05) is 20.1 Å². The number of guanidine groups is 1. The van der Waals surface area contributed by atoms with Gasteiger partial charge in [0.05, 0.1) is 6.54 Å². The Kier molecular flexibility index (Phi) is 10.8. The van der Waals surface area contributed by atoms with Crippen molar-refractivity contribution in [3.8, 4) is 0 Å². The summed E-state index contributed by atoms with van der Waals surface area (Å²) in [5.41, 5.74) is 0.639. The Morgan fingerprint density at radius 1 is 1.20 bits per heavy atom. The first-order valence-corrected chi connectivity index (χ1v) is 8.59. The number of carbonyl (C=O) groups excluding carboxylic acids is 1. The van der Waals surface area contributed by atoms with Gasteiger partial charge in [-0.05, 0) is 38.5 Å². The SMILES string of the molecule is CN=C(NCC(=O)NC(C)(C)C)NCC(C)c1c(Cl)cccc1Cl.I. The van der Waals surface area contributed by atoms with E-state index in [9.17, 15) is 4.79 Å². The van der Waals surface area contributed by atoms with Crippen molar-refractivity contribution in [2.45, 2.75) is 39.2 Å². The number of halogens is 3. The Labute approximate surface area is 177 Å². The van der Waals surface area contributed by atoms with E-state index < -0.39 is 0 Å². The molecule has 0 fully saturated rings. The quantitative estimate of drug-likeness (QED) is 0.327. The summed E-state index contributed by atoms with van der Waals surface area (Å²) in [7, 11) is 1.66. The molecule has 0 heterocycles.